The van der Waals surface area contributed by atoms with Crippen LogP contribution < -0.4 is 4.74 Å². The molecule has 0 N–H and O–H groups in total. The van der Waals surface area contributed by atoms with Crippen molar-refractivity contribution in [2.75, 3.05) is 0 Å². The zero-order valence-corrected chi connectivity index (χ0v) is 7.86. The van der Waals surface area contributed by atoms with E-state index in [4.69, 9.17) is 4.74 Å². The van der Waals surface area contributed by atoms with Crippen LogP contribution in [0.2, 0.25) is 0 Å². The summed E-state index contributed by atoms with van der Waals surface area (Å²) in [4.78, 5) is 0. The topological polar surface area (TPSA) is 9.23 Å². The van der Waals surface area contributed by atoms with Gasteiger partial charge in [-0.05, 0) is 36.1 Å². The molecular formula is C13H11O. The van der Waals surface area contributed by atoms with Crippen LogP contribution in [-0.2, 0) is 6.42 Å². The molecule has 0 atom stereocenters. The van der Waals surface area contributed by atoms with Gasteiger partial charge in [0.2, 0.25) is 0 Å². The van der Waals surface area contributed by atoms with Gasteiger partial charge in [-0.1, -0.05) is 24.3 Å². The maximum atomic E-state index is 5.80. The average molecular weight is 183 g/mol. The van der Waals surface area contributed by atoms with Gasteiger partial charge in [-0.3, -0.25) is 0 Å². The molecule has 1 aliphatic heterocycles. The second-order valence-electron chi connectivity index (χ2n) is 3.62. The smallest absolute Gasteiger partial charge is 0.130 e. The lowest BCUT2D eigenvalue weighted by Crippen LogP contribution is -2.11. The van der Waals surface area contributed by atoms with E-state index in [0.29, 0.717) is 0 Å². The standard InChI is InChI=1S/C13H11O/c1-3-7-12-10(5-1)9-11-6-2-4-8-13(11)14-12/h1,3-8H,2,9H2. The van der Waals surface area contributed by atoms with Crippen molar-refractivity contribution in [1.29, 1.82) is 0 Å². The fraction of sp³-hybridized carbons (Fsp3) is 0.154. The fourth-order valence-electron chi connectivity index (χ4n) is 1.92. The molecule has 1 heteroatoms. The lowest BCUT2D eigenvalue weighted by atomic mass is 9.94. The first-order valence-corrected chi connectivity index (χ1v) is 4.92. The second kappa shape index (κ2) is 3.02. The molecule has 0 unspecified atom stereocenters. The van der Waals surface area contributed by atoms with E-state index < -0.39 is 0 Å². The number of para-hydroxylation sites is 1. The van der Waals surface area contributed by atoms with Crippen molar-refractivity contribution < 1.29 is 4.74 Å². The molecule has 14 heavy (non-hydrogen) atoms. The summed E-state index contributed by atoms with van der Waals surface area (Å²) in [6.07, 6.45) is 8.49. The number of fused-ring (bicyclic) bond motifs is 1. The van der Waals surface area contributed by atoms with E-state index >= 15 is 0 Å². The molecule has 1 heterocycles. The van der Waals surface area contributed by atoms with Crippen molar-refractivity contribution in [2.24, 2.45) is 0 Å². The van der Waals surface area contributed by atoms with Gasteiger partial charge in [0.05, 0.1) is 0 Å². The Hall–Kier alpha value is -1.50. The number of ether oxygens (including phenoxy) is 1. The third kappa shape index (κ3) is 1.17. The van der Waals surface area contributed by atoms with Crippen LogP contribution in [-0.4, -0.2) is 0 Å². The fourth-order valence-corrected chi connectivity index (χ4v) is 1.92. The van der Waals surface area contributed by atoms with Crippen LogP contribution in [0.1, 0.15) is 12.0 Å². The summed E-state index contributed by atoms with van der Waals surface area (Å²) in [6, 6.07) is 8.24. The molecule has 1 aromatic carbocycles. The summed E-state index contributed by atoms with van der Waals surface area (Å²) in [5.41, 5.74) is 2.61. The van der Waals surface area contributed by atoms with Crippen LogP contribution in [0.25, 0.3) is 0 Å². The van der Waals surface area contributed by atoms with Crippen molar-refractivity contribution in [2.45, 2.75) is 12.8 Å². The average Bonchev–Trinajstić information content (AvgIpc) is 2.26. The monoisotopic (exact) mass is 183 g/mol. The Morgan fingerprint density at radius 2 is 2.07 bits per heavy atom. The molecule has 69 valence electrons. The highest BCUT2D eigenvalue weighted by atomic mass is 16.5. The van der Waals surface area contributed by atoms with Gasteiger partial charge in [0.15, 0.2) is 0 Å². The Kier molecular flexibility index (Phi) is 1.69. The normalized spacial score (nSPS) is 18.6. The van der Waals surface area contributed by atoms with Crippen molar-refractivity contribution >= 4 is 0 Å². The number of hydrogen-bond acceptors (Lipinski definition) is 1. The van der Waals surface area contributed by atoms with Crippen LogP contribution in [0.3, 0.4) is 0 Å². The SMILES string of the molecule is [CH]1CC=CC2=C1Cc1ccccc1O2. The van der Waals surface area contributed by atoms with Crippen LogP contribution >= 0.6 is 0 Å². The molecule has 0 amide bonds. The molecule has 0 spiro atoms. The Morgan fingerprint density at radius 3 is 3.07 bits per heavy atom. The first-order valence-electron chi connectivity index (χ1n) is 4.92. The molecule has 1 aromatic rings. The third-order valence-corrected chi connectivity index (χ3v) is 2.66. The van der Waals surface area contributed by atoms with Crippen LogP contribution in [0.4, 0.5) is 0 Å². The van der Waals surface area contributed by atoms with Crippen LogP contribution in [0, 0.1) is 6.42 Å². The van der Waals surface area contributed by atoms with E-state index in [0.717, 1.165) is 24.4 Å². The predicted octanol–water partition coefficient (Wildman–Crippen LogP) is 3.04. The number of benzene rings is 1. The van der Waals surface area contributed by atoms with E-state index in [1.165, 1.54) is 11.1 Å². The Labute approximate surface area is 83.7 Å². The lowest BCUT2D eigenvalue weighted by Gasteiger charge is -2.23. The molecule has 0 saturated carbocycles. The molecule has 1 nitrogen and oxygen atoms in total. The number of rotatable bonds is 0. The maximum absolute atomic E-state index is 5.80. The van der Waals surface area contributed by atoms with Crippen LogP contribution in [0.15, 0.2) is 47.7 Å². The highest BCUT2D eigenvalue weighted by Crippen LogP contribution is 2.33. The van der Waals surface area contributed by atoms with Gasteiger partial charge < -0.3 is 4.74 Å². The minimum Gasteiger partial charge on any atom is -0.457 e. The minimum absolute atomic E-state index is 1.01. The summed E-state index contributed by atoms with van der Waals surface area (Å²) in [5, 5.41) is 0. The highest BCUT2D eigenvalue weighted by molar-refractivity contribution is 5.47. The van der Waals surface area contributed by atoms with E-state index in [2.05, 4.69) is 30.7 Å². The van der Waals surface area contributed by atoms with Gasteiger partial charge in [-0.2, -0.15) is 0 Å². The lowest BCUT2D eigenvalue weighted by molar-refractivity contribution is 0.419. The van der Waals surface area contributed by atoms with E-state index in [9.17, 15) is 0 Å². The first-order chi connectivity index (χ1) is 6.93. The summed E-state index contributed by atoms with van der Waals surface area (Å²) in [5.74, 6) is 2.03. The molecule has 0 saturated heterocycles. The molecule has 2 aliphatic rings. The van der Waals surface area contributed by atoms with Gasteiger partial charge in [0.25, 0.3) is 0 Å². The molecule has 0 aromatic heterocycles. The zero-order chi connectivity index (χ0) is 9.38. The maximum Gasteiger partial charge on any atom is 0.130 e. The molecule has 1 aliphatic carbocycles. The minimum atomic E-state index is 1.01. The van der Waals surface area contributed by atoms with E-state index in [1.807, 2.05) is 12.1 Å². The summed E-state index contributed by atoms with van der Waals surface area (Å²) >= 11 is 0. The predicted molar refractivity (Wildman–Crippen MR) is 55.9 cm³/mol. The van der Waals surface area contributed by atoms with Crippen LogP contribution in [0.5, 0.6) is 5.75 Å². The molecular weight excluding hydrogens is 172 g/mol. The quantitative estimate of drug-likeness (QED) is 0.600. The van der Waals surface area contributed by atoms with Crippen molar-refractivity contribution in [3.05, 3.63) is 59.7 Å². The summed E-state index contributed by atoms with van der Waals surface area (Å²) in [6.45, 7) is 0. The van der Waals surface area contributed by atoms with Gasteiger partial charge in [-0.15, -0.1) is 0 Å². The summed E-state index contributed by atoms with van der Waals surface area (Å²) in [7, 11) is 0. The van der Waals surface area contributed by atoms with Gasteiger partial charge in [-0.25, -0.2) is 0 Å². The Morgan fingerprint density at radius 1 is 1.14 bits per heavy atom. The third-order valence-electron chi connectivity index (χ3n) is 2.66. The summed E-state index contributed by atoms with van der Waals surface area (Å²) < 4.78 is 5.80. The van der Waals surface area contributed by atoms with E-state index in [1.54, 1.807) is 0 Å². The van der Waals surface area contributed by atoms with Crippen molar-refractivity contribution in [3.63, 3.8) is 0 Å². The number of hydrogen-bond donors (Lipinski definition) is 0. The zero-order valence-electron chi connectivity index (χ0n) is 7.86. The number of allylic oxidation sites excluding steroid dienone is 3. The van der Waals surface area contributed by atoms with Crippen molar-refractivity contribution in [1.82, 2.24) is 0 Å². The Bertz CT molecular complexity index is 427. The second-order valence-corrected chi connectivity index (χ2v) is 3.62. The Balaban J connectivity index is 2.03. The molecule has 3 rings (SSSR count). The molecule has 0 fully saturated rings. The highest BCUT2D eigenvalue weighted by Gasteiger charge is 2.18. The van der Waals surface area contributed by atoms with E-state index in [-0.39, 0.29) is 0 Å². The molecule has 1 radical (unpaired) electrons. The largest absolute Gasteiger partial charge is 0.457 e. The van der Waals surface area contributed by atoms with Gasteiger partial charge in [0, 0.05) is 6.42 Å². The first kappa shape index (κ1) is 7.86. The molecule has 0 bridgehead atoms. The van der Waals surface area contributed by atoms with Gasteiger partial charge in [0.1, 0.15) is 11.5 Å². The van der Waals surface area contributed by atoms with Gasteiger partial charge >= 0.3 is 0 Å². The van der Waals surface area contributed by atoms with Crippen molar-refractivity contribution in [3.8, 4) is 5.75 Å².